The van der Waals surface area contributed by atoms with Crippen LogP contribution in [0.4, 0.5) is 0 Å². The van der Waals surface area contributed by atoms with Crippen LogP contribution in [0.1, 0.15) is 65.1 Å². The van der Waals surface area contributed by atoms with Gasteiger partial charge in [-0.3, -0.25) is 9.59 Å². The van der Waals surface area contributed by atoms with Crippen LogP contribution >= 0.6 is 23.2 Å². The second-order valence-electron chi connectivity index (χ2n) is 9.29. The maximum Gasteiger partial charge on any atom is 0.305 e. The fourth-order valence-electron chi connectivity index (χ4n) is 4.98. The molecule has 0 heterocycles. The highest BCUT2D eigenvalue weighted by molar-refractivity contribution is 6.32. The molecule has 38 heavy (non-hydrogen) atoms. The Morgan fingerprint density at radius 2 is 1.58 bits per heavy atom. The van der Waals surface area contributed by atoms with Crippen LogP contribution in [0.5, 0.6) is 5.75 Å². The van der Waals surface area contributed by atoms with E-state index in [0.29, 0.717) is 21.2 Å². The van der Waals surface area contributed by atoms with Crippen molar-refractivity contribution < 1.29 is 19.8 Å². The molecule has 0 aromatic heterocycles. The summed E-state index contributed by atoms with van der Waals surface area (Å²) in [4.78, 5) is 23.2. The van der Waals surface area contributed by atoms with Gasteiger partial charge in [0, 0.05) is 39.0 Å². The van der Waals surface area contributed by atoms with Crippen LogP contribution in [0.3, 0.4) is 0 Å². The van der Waals surface area contributed by atoms with Crippen molar-refractivity contribution in [1.29, 1.82) is 0 Å². The molecule has 0 fully saturated rings. The van der Waals surface area contributed by atoms with Crippen molar-refractivity contribution in [1.82, 2.24) is 5.32 Å². The number of aliphatic carboxylic acids is 1. The number of nitrogens with one attached hydrogen (secondary N) is 1. The predicted molar refractivity (Wildman–Crippen MR) is 153 cm³/mol. The molecule has 0 aliphatic heterocycles. The molecular formula is C31H29Cl2NO4. The molecule has 3 N–H and O–H groups in total. The van der Waals surface area contributed by atoms with Crippen molar-refractivity contribution >= 4 is 45.9 Å². The molecule has 2 unspecified atom stereocenters. The number of carboxylic acids is 1. The van der Waals surface area contributed by atoms with Gasteiger partial charge in [0.05, 0.1) is 6.42 Å². The largest absolute Gasteiger partial charge is 0.507 e. The smallest absolute Gasteiger partial charge is 0.305 e. The van der Waals surface area contributed by atoms with Crippen molar-refractivity contribution in [3.05, 3.63) is 111 Å². The van der Waals surface area contributed by atoms with E-state index in [-0.39, 0.29) is 36.5 Å². The van der Waals surface area contributed by atoms with Gasteiger partial charge >= 0.3 is 5.97 Å². The Morgan fingerprint density at radius 1 is 0.921 bits per heavy atom. The Morgan fingerprint density at radius 3 is 2.24 bits per heavy atom. The lowest BCUT2D eigenvalue weighted by atomic mass is 9.74. The van der Waals surface area contributed by atoms with Gasteiger partial charge in [-0.05, 0) is 59.2 Å². The molecule has 2 atom stereocenters. The Kier molecular flexibility index (Phi) is 8.93. The van der Waals surface area contributed by atoms with Gasteiger partial charge in [0.2, 0.25) is 0 Å². The summed E-state index contributed by atoms with van der Waals surface area (Å²) in [7, 11) is 0. The molecule has 196 valence electrons. The van der Waals surface area contributed by atoms with Gasteiger partial charge in [-0.15, -0.1) is 0 Å². The van der Waals surface area contributed by atoms with E-state index in [1.165, 1.54) is 0 Å². The molecule has 7 heteroatoms. The van der Waals surface area contributed by atoms with E-state index >= 15 is 0 Å². The number of hydrogen-bond donors (Lipinski definition) is 3. The normalized spacial score (nSPS) is 12.7. The monoisotopic (exact) mass is 549 g/mol. The van der Waals surface area contributed by atoms with Crippen molar-refractivity contribution in [2.24, 2.45) is 0 Å². The lowest BCUT2D eigenvalue weighted by Gasteiger charge is -2.30. The van der Waals surface area contributed by atoms with Crippen molar-refractivity contribution in [2.75, 3.05) is 6.54 Å². The van der Waals surface area contributed by atoms with Crippen LogP contribution in [0.25, 0.3) is 10.8 Å². The molecule has 0 aliphatic carbocycles. The van der Waals surface area contributed by atoms with Crippen molar-refractivity contribution in [2.45, 2.75) is 38.0 Å². The summed E-state index contributed by atoms with van der Waals surface area (Å²) >= 11 is 13.1. The Bertz CT molecular complexity index is 1440. The third-order valence-electron chi connectivity index (χ3n) is 6.78. The van der Waals surface area contributed by atoms with Crippen LogP contribution in [0, 0.1) is 0 Å². The number of rotatable bonds is 10. The molecule has 0 saturated carbocycles. The number of amides is 1. The van der Waals surface area contributed by atoms with Gasteiger partial charge in [0.15, 0.2) is 0 Å². The first-order valence-corrected chi connectivity index (χ1v) is 13.3. The maximum atomic E-state index is 12.5. The minimum Gasteiger partial charge on any atom is -0.507 e. The van der Waals surface area contributed by atoms with E-state index in [9.17, 15) is 14.7 Å². The van der Waals surface area contributed by atoms with Crippen molar-refractivity contribution in [3.63, 3.8) is 0 Å². The lowest BCUT2D eigenvalue weighted by molar-refractivity contribution is -0.136. The van der Waals surface area contributed by atoms with Crippen LogP contribution in [0.15, 0.2) is 78.9 Å². The van der Waals surface area contributed by atoms with Gasteiger partial charge in [0.25, 0.3) is 5.91 Å². The average molecular weight is 550 g/mol. The number of carbonyl (C=O) groups is 2. The highest BCUT2D eigenvalue weighted by atomic mass is 35.5. The third kappa shape index (κ3) is 6.12. The SMILES string of the molecule is CCCC(c1ccc(C(=O)NCCC(=O)O)cc1)C(c1ccc(Cl)cc1)c1c(Cl)cc2ccccc2c1O. The molecule has 0 spiro atoms. The number of hydrogen-bond acceptors (Lipinski definition) is 3. The number of carboxylic acid groups (broad SMARTS) is 1. The molecule has 5 nitrogen and oxygen atoms in total. The first-order valence-electron chi connectivity index (χ1n) is 12.6. The summed E-state index contributed by atoms with van der Waals surface area (Å²) in [6, 6.07) is 24.4. The zero-order valence-corrected chi connectivity index (χ0v) is 22.5. The number of phenols is 1. The van der Waals surface area contributed by atoms with Gasteiger partial charge in [-0.2, -0.15) is 0 Å². The predicted octanol–water partition coefficient (Wildman–Crippen LogP) is 7.77. The van der Waals surface area contributed by atoms with Gasteiger partial charge in [-0.1, -0.05) is 85.1 Å². The zero-order chi connectivity index (χ0) is 27.2. The quantitative estimate of drug-likeness (QED) is 0.188. The first kappa shape index (κ1) is 27.5. The molecule has 1 amide bonds. The molecule has 4 aromatic carbocycles. The molecule has 4 rings (SSSR count). The lowest BCUT2D eigenvalue weighted by Crippen LogP contribution is -2.26. The van der Waals surface area contributed by atoms with Crippen molar-refractivity contribution in [3.8, 4) is 5.75 Å². The Labute approximate surface area is 232 Å². The second-order valence-corrected chi connectivity index (χ2v) is 10.1. The number of benzene rings is 4. The van der Waals surface area contributed by atoms with E-state index in [1.54, 1.807) is 12.1 Å². The molecule has 4 aromatic rings. The van der Waals surface area contributed by atoms with E-state index < -0.39 is 5.97 Å². The number of carbonyl (C=O) groups excluding carboxylic acids is 1. The minimum atomic E-state index is -0.966. The van der Waals surface area contributed by atoms with Crippen LogP contribution in [-0.2, 0) is 4.79 Å². The van der Waals surface area contributed by atoms with Gasteiger partial charge in [-0.25, -0.2) is 0 Å². The van der Waals surface area contributed by atoms with Crippen LogP contribution < -0.4 is 5.32 Å². The summed E-state index contributed by atoms with van der Waals surface area (Å²) in [5.74, 6) is -1.47. The molecular weight excluding hydrogens is 521 g/mol. The maximum absolute atomic E-state index is 12.5. The highest BCUT2D eigenvalue weighted by Gasteiger charge is 2.31. The molecule has 0 radical (unpaired) electrons. The summed E-state index contributed by atoms with van der Waals surface area (Å²) in [5.41, 5.74) is 3.07. The second kappa shape index (κ2) is 12.3. The third-order valence-corrected chi connectivity index (χ3v) is 7.34. The molecule has 0 saturated heterocycles. The van der Waals surface area contributed by atoms with E-state index in [2.05, 4.69) is 12.2 Å². The Hall–Kier alpha value is -3.54. The average Bonchev–Trinajstić information content (AvgIpc) is 2.90. The first-order chi connectivity index (χ1) is 18.3. The van der Waals surface area contributed by atoms with E-state index in [0.717, 1.165) is 34.7 Å². The van der Waals surface area contributed by atoms with E-state index in [4.69, 9.17) is 28.3 Å². The summed E-state index contributed by atoms with van der Waals surface area (Å²) in [6.45, 7) is 2.17. The zero-order valence-electron chi connectivity index (χ0n) is 21.0. The number of fused-ring (bicyclic) bond motifs is 1. The summed E-state index contributed by atoms with van der Waals surface area (Å²) in [5, 5.41) is 25.6. The topological polar surface area (TPSA) is 86.6 Å². The fourth-order valence-corrected chi connectivity index (χ4v) is 5.43. The fraction of sp³-hybridized carbons (Fsp3) is 0.226. The Balaban J connectivity index is 1.79. The van der Waals surface area contributed by atoms with Gasteiger partial charge in [0.1, 0.15) is 5.75 Å². The standard InChI is InChI=1S/C31H29Cl2NO4/c1-2-5-24(19-8-10-21(11-9-19)31(38)34-17-16-27(35)36)28(20-12-14-23(32)15-13-20)29-26(33)18-22-6-3-4-7-25(22)30(29)37/h3-4,6-15,18,24,28,37H,2,5,16-17H2,1H3,(H,34,38)(H,35,36). The summed E-state index contributed by atoms with van der Waals surface area (Å²) in [6.07, 6.45) is 1.55. The number of aromatic hydroxyl groups is 1. The van der Waals surface area contributed by atoms with Crippen LogP contribution in [0.2, 0.25) is 10.0 Å². The van der Waals surface area contributed by atoms with Crippen LogP contribution in [-0.4, -0.2) is 28.6 Å². The molecule has 0 bridgehead atoms. The number of halogens is 2. The van der Waals surface area contributed by atoms with E-state index in [1.807, 2.05) is 66.7 Å². The number of phenolic OH excluding ortho intramolecular Hbond substituents is 1. The van der Waals surface area contributed by atoms with Gasteiger partial charge < -0.3 is 15.5 Å². The molecule has 0 aliphatic rings. The minimum absolute atomic E-state index is 0.0603. The summed E-state index contributed by atoms with van der Waals surface area (Å²) < 4.78 is 0. The highest BCUT2D eigenvalue weighted by Crippen LogP contribution is 2.49.